The van der Waals surface area contributed by atoms with Gasteiger partial charge in [-0.15, -0.1) is 11.3 Å². The first kappa shape index (κ1) is 25.1. The molecule has 12 heteroatoms. The fraction of sp³-hybridized carbons (Fsp3) is 0.154. The molecule has 4 aromatic heterocycles. The largest absolute Gasteiger partial charge is 0.476 e. The molecule has 5 aromatic rings. The molecule has 1 aromatic carbocycles. The van der Waals surface area contributed by atoms with E-state index in [0.29, 0.717) is 38.5 Å². The van der Waals surface area contributed by atoms with E-state index in [4.69, 9.17) is 16.6 Å². The van der Waals surface area contributed by atoms with E-state index in [9.17, 15) is 20.0 Å². The lowest BCUT2D eigenvalue weighted by Crippen LogP contribution is -2.20. The number of rotatable bonds is 6. The van der Waals surface area contributed by atoms with Crippen LogP contribution in [-0.4, -0.2) is 35.4 Å². The number of nitrogens with one attached hydrogen (secondary N) is 1. The Morgan fingerprint density at radius 3 is 2.79 bits per heavy atom. The third kappa shape index (κ3) is 4.40. The van der Waals surface area contributed by atoms with Crippen molar-refractivity contribution < 1.29 is 9.90 Å². The molecule has 0 saturated carbocycles. The molecule has 0 saturated heterocycles. The zero-order valence-corrected chi connectivity index (χ0v) is 22.0. The number of aromatic carboxylic acids is 1. The second-order valence-electron chi connectivity index (χ2n) is 8.59. The topological polar surface area (TPSA) is 139 Å². The van der Waals surface area contributed by atoms with E-state index >= 15 is 0 Å². The highest BCUT2D eigenvalue weighted by Crippen LogP contribution is 2.35. The molecule has 0 amide bonds. The number of aryl methyl sites for hydroxylation is 1. The van der Waals surface area contributed by atoms with Crippen molar-refractivity contribution in [2.45, 2.75) is 19.9 Å². The van der Waals surface area contributed by atoms with E-state index in [1.807, 2.05) is 19.9 Å². The van der Waals surface area contributed by atoms with Crippen molar-refractivity contribution in [3.8, 4) is 23.1 Å². The molecular formula is C26H20ClN7O3S. The van der Waals surface area contributed by atoms with Gasteiger partial charge in [0.05, 0.1) is 46.3 Å². The molecule has 38 heavy (non-hydrogen) atoms. The van der Waals surface area contributed by atoms with Gasteiger partial charge in [-0.2, -0.15) is 10.4 Å². The quantitative estimate of drug-likeness (QED) is 0.286. The van der Waals surface area contributed by atoms with Crippen LogP contribution in [0, 0.1) is 18.3 Å². The number of fused-ring (bicyclic) bond motifs is 1. The van der Waals surface area contributed by atoms with Gasteiger partial charge in [-0.05, 0) is 44.2 Å². The summed E-state index contributed by atoms with van der Waals surface area (Å²) >= 11 is 7.24. The van der Waals surface area contributed by atoms with Gasteiger partial charge in [0, 0.05) is 23.7 Å². The maximum Gasteiger partial charge on any atom is 0.356 e. The van der Waals surface area contributed by atoms with Crippen LogP contribution in [0.4, 0.5) is 5.69 Å². The number of aromatic nitrogens is 5. The van der Waals surface area contributed by atoms with Crippen LogP contribution in [-0.2, 0) is 7.05 Å². The second-order valence-corrected chi connectivity index (χ2v) is 10.2. The average Bonchev–Trinajstić information content (AvgIpc) is 3.52. The van der Waals surface area contributed by atoms with Gasteiger partial charge in [0.15, 0.2) is 5.69 Å². The molecule has 0 fully saturated rings. The van der Waals surface area contributed by atoms with Crippen LogP contribution in [0.3, 0.4) is 0 Å². The number of carbonyl (C=O) groups is 1. The van der Waals surface area contributed by atoms with Crippen LogP contribution >= 0.6 is 22.9 Å². The van der Waals surface area contributed by atoms with Crippen LogP contribution in [0.15, 0.2) is 53.6 Å². The lowest BCUT2D eigenvalue weighted by Gasteiger charge is -2.17. The molecule has 1 unspecified atom stereocenters. The van der Waals surface area contributed by atoms with Crippen LogP contribution in [0.25, 0.3) is 27.3 Å². The first-order valence-corrected chi connectivity index (χ1v) is 12.6. The molecule has 0 aliphatic rings. The van der Waals surface area contributed by atoms with Crippen molar-refractivity contribution in [2.75, 3.05) is 5.32 Å². The number of nitriles is 1. The number of benzene rings is 1. The molecule has 0 aliphatic heterocycles. The third-order valence-electron chi connectivity index (χ3n) is 6.09. The van der Waals surface area contributed by atoms with Crippen LogP contribution in [0.1, 0.15) is 39.5 Å². The molecule has 5 rings (SSSR count). The standard InChI is InChI=1S/C26H20ClN7O3S/c1-13(30-18-7-8-19(27)31-21(18)26(36)37)20-14(2)38-23-22(20)32-24(33(3)25(23)35)16-11-29-34(12-16)17-6-4-5-15(9-17)10-28/h4-9,11-13,30H,1-3H3,(H,36,37). The number of hydrogen-bond acceptors (Lipinski definition) is 8. The Morgan fingerprint density at radius 2 is 2.05 bits per heavy atom. The summed E-state index contributed by atoms with van der Waals surface area (Å²) in [6.45, 7) is 3.77. The third-order valence-corrected chi connectivity index (χ3v) is 7.40. The first-order chi connectivity index (χ1) is 18.2. The van der Waals surface area contributed by atoms with Gasteiger partial charge in [-0.1, -0.05) is 17.7 Å². The van der Waals surface area contributed by atoms with E-state index in [2.05, 4.69) is 21.5 Å². The van der Waals surface area contributed by atoms with Crippen molar-refractivity contribution in [1.29, 1.82) is 5.26 Å². The summed E-state index contributed by atoms with van der Waals surface area (Å²) < 4.78 is 3.61. The van der Waals surface area contributed by atoms with Gasteiger partial charge >= 0.3 is 5.97 Å². The number of thiophene rings is 1. The minimum Gasteiger partial charge on any atom is -0.476 e. The SMILES string of the molecule is Cc1sc2c(=O)n(C)c(-c3cnn(-c4cccc(C#N)c4)c3)nc2c1C(C)Nc1ccc(Cl)nc1C(=O)O. The van der Waals surface area contributed by atoms with Crippen molar-refractivity contribution in [3.05, 3.63) is 86.0 Å². The van der Waals surface area contributed by atoms with Crippen LogP contribution < -0.4 is 10.9 Å². The summed E-state index contributed by atoms with van der Waals surface area (Å²) in [7, 11) is 1.66. The molecule has 10 nitrogen and oxygen atoms in total. The molecule has 190 valence electrons. The number of pyridine rings is 1. The Balaban J connectivity index is 1.59. The Hall–Kier alpha value is -4.53. The van der Waals surface area contributed by atoms with Gasteiger partial charge in [-0.25, -0.2) is 19.4 Å². The van der Waals surface area contributed by atoms with E-state index in [1.165, 1.54) is 22.0 Å². The monoisotopic (exact) mass is 545 g/mol. The molecule has 0 spiro atoms. The van der Waals surface area contributed by atoms with Crippen LogP contribution in [0.5, 0.6) is 0 Å². The van der Waals surface area contributed by atoms with Gasteiger partial charge < -0.3 is 10.4 Å². The van der Waals surface area contributed by atoms with Gasteiger partial charge in [0.25, 0.3) is 5.56 Å². The van der Waals surface area contributed by atoms with Crippen molar-refractivity contribution in [3.63, 3.8) is 0 Å². The average molecular weight is 546 g/mol. The predicted molar refractivity (Wildman–Crippen MR) is 145 cm³/mol. The molecular weight excluding hydrogens is 526 g/mol. The number of nitrogens with zero attached hydrogens (tertiary/aromatic N) is 6. The summed E-state index contributed by atoms with van der Waals surface area (Å²) in [6, 6.07) is 11.8. The molecule has 0 bridgehead atoms. The maximum atomic E-state index is 13.4. The normalized spacial score (nSPS) is 11.9. The van der Waals surface area contributed by atoms with Crippen molar-refractivity contribution in [2.24, 2.45) is 7.05 Å². The number of hydrogen-bond donors (Lipinski definition) is 2. The van der Waals surface area contributed by atoms with E-state index in [-0.39, 0.29) is 16.4 Å². The summed E-state index contributed by atoms with van der Waals surface area (Å²) in [5.74, 6) is -0.781. The molecule has 4 heterocycles. The lowest BCUT2D eigenvalue weighted by molar-refractivity contribution is 0.0691. The molecule has 0 aliphatic carbocycles. The van der Waals surface area contributed by atoms with Gasteiger partial charge in [-0.3, -0.25) is 9.36 Å². The second kappa shape index (κ2) is 9.74. The van der Waals surface area contributed by atoms with Crippen molar-refractivity contribution >= 4 is 44.8 Å². The Bertz CT molecular complexity index is 1830. The Morgan fingerprint density at radius 1 is 1.26 bits per heavy atom. The predicted octanol–water partition coefficient (Wildman–Crippen LogP) is 4.95. The Labute approximate surface area is 225 Å². The fourth-order valence-corrected chi connectivity index (χ4v) is 5.63. The molecule has 0 radical (unpaired) electrons. The number of carboxylic acid groups (broad SMARTS) is 1. The highest BCUT2D eigenvalue weighted by atomic mass is 35.5. The summed E-state index contributed by atoms with van der Waals surface area (Å²) in [5.41, 5.74) is 3.06. The summed E-state index contributed by atoms with van der Waals surface area (Å²) in [5, 5.41) is 26.5. The van der Waals surface area contributed by atoms with Gasteiger partial charge in [0.1, 0.15) is 15.7 Å². The zero-order valence-electron chi connectivity index (χ0n) is 20.4. The van der Waals surface area contributed by atoms with E-state index < -0.39 is 12.0 Å². The highest BCUT2D eigenvalue weighted by molar-refractivity contribution is 7.19. The molecule has 1 atom stereocenters. The number of halogens is 1. The fourth-order valence-electron chi connectivity index (χ4n) is 4.32. The Kier molecular flexibility index (Phi) is 6.44. The minimum absolute atomic E-state index is 0.0764. The highest BCUT2D eigenvalue weighted by Gasteiger charge is 2.23. The zero-order chi connectivity index (χ0) is 27.1. The number of carboxylic acids is 1. The smallest absolute Gasteiger partial charge is 0.356 e. The molecule has 2 N–H and O–H groups in total. The maximum absolute atomic E-state index is 13.4. The van der Waals surface area contributed by atoms with Crippen LogP contribution in [0.2, 0.25) is 5.15 Å². The lowest BCUT2D eigenvalue weighted by atomic mass is 10.1. The number of anilines is 1. The van der Waals surface area contributed by atoms with E-state index in [0.717, 1.165) is 10.4 Å². The minimum atomic E-state index is -1.21. The summed E-state index contributed by atoms with van der Waals surface area (Å²) in [6.07, 6.45) is 3.37. The summed E-state index contributed by atoms with van der Waals surface area (Å²) in [4.78, 5) is 34.7. The first-order valence-electron chi connectivity index (χ1n) is 11.4. The van der Waals surface area contributed by atoms with Crippen molar-refractivity contribution in [1.82, 2.24) is 24.3 Å². The van der Waals surface area contributed by atoms with Gasteiger partial charge in [0.2, 0.25) is 0 Å². The van der Waals surface area contributed by atoms with E-state index in [1.54, 1.807) is 48.4 Å².